The number of hydrogen-bond donors (Lipinski definition) is 1. The lowest BCUT2D eigenvalue weighted by Crippen LogP contribution is -2.43. The molecule has 0 spiro atoms. The molecule has 2 aromatic heterocycles. The summed E-state index contributed by atoms with van der Waals surface area (Å²) in [4.78, 5) is 8.46. The largest absolute Gasteiger partial charge is 0.368 e. The van der Waals surface area contributed by atoms with Crippen molar-refractivity contribution in [2.24, 2.45) is 0 Å². The molecule has 1 atom stereocenters. The second-order valence-corrected chi connectivity index (χ2v) is 6.86. The van der Waals surface area contributed by atoms with Crippen LogP contribution in [0, 0.1) is 0 Å². The SMILES string of the molecule is CC1(C)CC(NCc2nc(-c3cccnc3)no2)C(C)(C)O1. The summed E-state index contributed by atoms with van der Waals surface area (Å²) in [6, 6.07) is 4.01. The predicted octanol–water partition coefficient (Wildman–Crippen LogP) is 2.57. The van der Waals surface area contributed by atoms with Gasteiger partial charge in [0.25, 0.3) is 0 Å². The fraction of sp³-hybridized carbons (Fsp3) is 0.562. The van der Waals surface area contributed by atoms with Crippen molar-refractivity contribution in [3.63, 3.8) is 0 Å². The molecule has 0 aromatic carbocycles. The molecule has 1 saturated heterocycles. The molecular weight excluding hydrogens is 280 g/mol. The van der Waals surface area contributed by atoms with Crippen LogP contribution < -0.4 is 5.32 Å². The predicted molar refractivity (Wildman–Crippen MR) is 82.0 cm³/mol. The van der Waals surface area contributed by atoms with E-state index in [2.05, 4.69) is 48.1 Å². The fourth-order valence-corrected chi connectivity index (χ4v) is 3.03. The molecule has 1 unspecified atom stereocenters. The average Bonchev–Trinajstić information content (AvgIpc) is 2.99. The highest BCUT2D eigenvalue weighted by Crippen LogP contribution is 2.37. The molecule has 2 aromatic rings. The summed E-state index contributed by atoms with van der Waals surface area (Å²) in [5, 5.41) is 7.47. The Morgan fingerprint density at radius 2 is 2.14 bits per heavy atom. The lowest BCUT2D eigenvalue weighted by Gasteiger charge is -2.27. The number of hydrogen-bond acceptors (Lipinski definition) is 6. The Bertz CT molecular complexity index is 637. The van der Waals surface area contributed by atoms with Gasteiger partial charge in [0.1, 0.15) is 0 Å². The lowest BCUT2D eigenvalue weighted by atomic mass is 9.94. The summed E-state index contributed by atoms with van der Waals surface area (Å²) in [6.45, 7) is 8.97. The molecule has 3 rings (SSSR count). The standard InChI is InChI=1S/C16H22N4O2/c1-15(2)8-12(16(3,4)22-15)18-10-13-19-14(20-21-13)11-6-5-7-17-9-11/h5-7,9,12,18H,8,10H2,1-4H3. The molecule has 118 valence electrons. The summed E-state index contributed by atoms with van der Waals surface area (Å²) >= 11 is 0. The van der Waals surface area contributed by atoms with Crippen LogP contribution in [-0.4, -0.2) is 32.4 Å². The van der Waals surface area contributed by atoms with E-state index in [1.54, 1.807) is 12.4 Å². The van der Waals surface area contributed by atoms with E-state index >= 15 is 0 Å². The van der Waals surface area contributed by atoms with Gasteiger partial charge in [-0.15, -0.1) is 0 Å². The Morgan fingerprint density at radius 3 is 2.77 bits per heavy atom. The van der Waals surface area contributed by atoms with E-state index in [1.807, 2.05) is 12.1 Å². The Labute approximate surface area is 130 Å². The third-order valence-corrected chi connectivity index (χ3v) is 3.96. The van der Waals surface area contributed by atoms with Crippen LogP contribution in [0.25, 0.3) is 11.4 Å². The van der Waals surface area contributed by atoms with E-state index in [9.17, 15) is 0 Å². The van der Waals surface area contributed by atoms with Crippen molar-refractivity contribution < 1.29 is 9.26 Å². The normalized spacial score (nSPS) is 22.8. The van der Waals surface area contributed by atoms with Gasteiger partial charge in [-0.3, -0.25) is 4.98 Å². The molecule has 0 saturated carbocycles. The van der Waals surface area contributed by atoms with Crippen molar-refractivity contribution >= 4 is 0 Å². The lowest BCUT2D eigenvalue weighted by molar-refractivity contribution is -0.0700. The fourth-order valence-electron chi connectivity index (χ4n) is 3.03. The van der Waals surface area contributed by atoms with Gasteiger partial charge in [0.15, 0.2) is 0 Å². The highest BCUT2D eigenvalue weighted by atomic mass is 16.5. The van der Waals surface area contributed by atoms with E-state index in [1.165, 1.54) is 0 Å². The first-order valence-corrected chi connectivity index (χ1v) is 7.52. The monoisotopic (exact) mass is 302 g/mol. The first-order valence-electron chi connectivity index (χ1n) is 7.52. The zero-order valence-corrected chi connectivity index (χ0v) is 13.5. The smallest absolute Gasteiger partial charge is 0.240 e. The molecule has 6 nitrogen and oxygen atoms in total. The second kappa shape index (κ2) is 5.44. The molecule has 6 heteroatoms. The molecule has 0 radical (unpaired) electrons. The van der Waals surface area contributed by atoms with E-state index in [-0.39, 0.29) is 17.2 Å². The van der Waals surface area contributed by atoms with E-state index in [0.29, 0.717) is 18.3 Å². The zero-order chi connectivity index (χ0) is 15.8. The summed E-state index contributed by atoms with van der Waals surface area (Å²) in [5.41, 5.74) is 0.523. The van der Waals surface area contributed by atoms with Crippen molar-refractivity contribution in [2.45, 2.75) is 57.9 Å². The minimum atomic E-state index is -0.213. The molecule has 0 aliphatic carbocycles. The molecule has 0 bridgehead atoms. The van der Waals surface area contributed by atoms with Crippen LogP contribution in [0.1, 0.15) is 40.0 Å². The summed E-state index contributed by atoms with van der Waals surface area (Å²) in [7, 11) is 0. The third kappa shape index (κ3) is 3.18. The number of ether oxygens (including phenoxy) is 1. The van der Waals surface area contributed by atoms with Gasteiger partial charge in [-0.05, 0) is 46.2 Å². The van der Waals surface area contributed by atoms with Crippen molar-refractivity contribution in [2.75, 3.05) is 0 Å². The molecular formula is C16H22N4O2. The number of pyridine rings is 1. The molecule has 1 aliphatic rings. The molecule has 1 N–H and O–H groups in total. The minimum Gasteiger partial charge on any atom is -0.368 e. The van der Waals surface area contributed by atoms with E-state index < -0.39 is 0 Å². The number of aromatic nitrogens is 3. The van der Waals surface area contributed by atoms with Gasteiger partial charge in [0.2, 0.25) is 11.7 Å². The zero-order valence-electron chi connectivity index (χ0n) is 13.5. The maximum atomic E-state index is 6.07. The van der Waals surface area contributed by atoms with Crippen LogP contribution in [0.4, 0.5) is 0 Å². The van der Waals surface area contributed by atoms with Gasteiger partial charge in [-0.25, -0.2) is 0 Å². The highest BCUT2D eigenvalue weighted by Gasteiger charge is 2.45. The third-order valence-electron chi connectivity index (χ3n) is 3.96. The maximum absolute atomic E-state index is 6.07. The Morgan fingerprint density at radius 1 is 1.32 bits per heavy atom. The van der Waals surface area contributed by atoms with Gasteiger partial charge >= 0.3 is 0 Å². The van der Waals surface area contributed by atoms with Crippen molar-refractivity contribution in [1.82, 2.24) is 20.4 Å². The Kier molecular flexibility index (Phi) is 3.74. The van der Waals surface area contributed by atoms with Gasteiger partial charge in [-0.2, -0.15) is 4.98 Å². The number of nitrogens with one attached hydrogen (secondary N) is 1. The van der Waals surface area contributed by atoms with Gasteiger partial charge in [-0.1, -0.05) is 5.16 Å². The first-order chi connectivity index (χ1) is 10.4. The summed E-state index contributed by atoms with van der Waals surface area (Å²) < 4.78 is 11.4. The summed E-state index contributed by atoms with van der Waals surface area (Å²) in [6.07, 6.45) is 4.39. The van der Waals surface area contributed by atoms with Crippen LogP contribution in [-0.2, 0) is 11.3 Å². The van der Waals surface area contributed by atoms with Crippen molar-refractivity contribution in [3.8, 4) is 11.4 Å². The van der Waals surface area contributed by atoms with Gasteiger partial charge < -0.3 is 14.6 Å². The van der Waals surface area contributed by atoms with Crippen molar-refractivity contribution in [3.05, 3.63) is 30.4 Å². The molecule has 1 aliphatic heterocycles. The van der Waals surface area contributed by atoms with E-state index in [0.717, 1.165) is 12.0 Å². The Balaban J connectivity index is 1.64. The van der Waals surface area contributed by atoms with Crippen LogP contribution in [0.15, 0.2) is 29.0 Å². The number of rotatable bonds is 4. The molecule has 22 heavy (non-hydrogen) atoms. The van der Waals surface area contributed by atoms with Crippen molar-refractivity contribution in [1.29, 1.82) is 0 Å². The van der Waals surface area contributed by atoms with Crippen LogP contribution in [0.3, 0.4) is 0 Å². The number of nitrogens with zero attached hydrogens (tertiary/aromatic N) is 3. The maximum Gasteiger partial charge on any atom is 0.240 e. The van der Waals surface area contributed by atoms with Crippen LogP contribution >= 0.6 is 0 Å². The van der Waals surface area contributed by atoms with Gasteiger partial charge in [0, 0.05) is 24.0 Å². The minimum absolute atomic E-state index is 0.114. The van der Waals surface area contributed by atoms with Gasteiger partial charge in [0.05, 0.1) is 17.7 Å². The highest BCUT2D eigenvalue weighted by molar-refractivity contribution is 5.51. The first kappa shape index (κ1) is 15.1. The van der Waals surface area contributed by atoms with E-state index in [4.69, 9.17) is 9.26 Å². The summed E-state index contributed by atoms with van der Waals surface area (Å²) in [5.74, 6) is 1.13. The van der Waals surface area contributed by atoms with Crippen LogP contribution in [0.2, 0.25) is 0 Å². The second-order valence-electron chi connectivity index (χ2n) is 6.86. The molecule has 1 fully saturated rings. The topological polar surface area (TPSA) is 73.1 Å². The van der Waals surface area contributed by atoms with Crippen LogP contribution in [0.5, 0.6) is 0 Å². The molecule has 0 amide bonds. The quantitative estimate of drug-likeness (QED) is 0.935. The average molecular weight is 302 g/mol. The Hall–Kier alpha value is -1.79. The molecule has 3 heterocycles.